The predicted molar refractivity (Wildman–Crippen MR) is 106 cm³/mol. The van der Waals surface area contributed by atoms with Crippen LogP contribution in [0.4, 0.5) is 0 Å². The maximum atomic E-state index is 13.3. The Balaban J connectivity index is 1.37. The van der Waals surface area contributed by atoms with E-state index in [1.54, 1.807) is 15.7 Å². The minimum atomic E-state index is -0.230. The predicted octanol–water partition coefficient (Wildman–Crippen LogP) is 2.79. The summed E-state index contributed by atoms with van der Waals surface area (Å²) in [5.41, 5.74) is 1.59. The zero-order valence-corrected chi connectivity index (χ0v) is 16.9. The SMILES string of the molecule is Cc1ccn(CC2CCCO2)c(=O)c1C(=O)N1CCc2oc(C3CCC3)nc2C1. The van der Waals surface area contributed by atoms with Crippen LogP contribution >= 0.6 is 0 Å². The van der Waals surface area contributed by atoms with Crippen LogP contribution in [0.15, 0.2) is 21.5 Å². The van der Waals surface area contributed by atoms with Crippen LogP contribution in [0.5, 0.6) is 0 Å². The largest absolute Gasteiger partial charge is 0.445 e. The third-order valence-electron chi connectivity index (χ3n) is 6.50. The maximum Gasteiger partial charge on any atom is 0.263 e. The molecule has 154 valence electrons. The normalized spacial score (nSPS) is 21.8. The van der Waals surface area contributed by atoms with E-state index < -0.39 is 0 Å². The number of carbonyl (C=O) groups is 1. The standard InChI is InChI=1S/C22H27N3O4/c1-14-7-9-24(12-16-6-3-11-28-16)21(26)19(14)22(27)25-10-8-18-17(13-25)23-20(29-18)15-4-2-5-15/h7,9,15-16H,2-6,8,10-13H2,1H3. The lowest BCUT2D eigenvalue weighted by atomic mass is 9.85. The molecule has 5 rings (SSSR count). The van der Waals surface area contributed by atoms with Gasteiger partial charge in [-0.05, 0) is 44.2 Å². The molecule has 7 nitrogen and oxygen atoms in total. The number of pyridine rings is 1. The van der Waals surface area contributed by atoms with Crippen molar-refractivity contribution in [3.05, 3.63) is 51.1 Å². The van der Waals surface area contributed by atoms with E-state index in [2.05, 4.69) is 4.98 Å². The Hall–Kier alpha value is -2.41. The van der Waals surface area contributed by atoms with Crippen molar-refractivity contribution < 1.29 is 13.9 Å². The summed E-state index contributed by atoms with van der Waals surface area (Å²) in [5, 5.41) is 0. The Kier molecular flexibility index (Phi) is 4.78. The number of hydrogen-bond acceptors (Lipinski definition) is 5. The second-order valence-electron chi connectivity index (χ2n) is 8.49. The molecule has 2 aromatic heterocycles. The van der Waals surface area contributed by atoms with Gasteiger partial charge in [-0.2, -0.15) is 0 Å². The molecule has 1 aliphatic carbocycles. The van der Waals surface area contributed by atoms with Crippen LogP contribution in [0.25, 0.3) is 0 Å². The van der Waals surface area contributed by atoms with Gasteiger partial charge in [0.05, 0.1) is 19.2 Å². The van der Waals surface area contributed by atoms with Crippen molar-refractivity contribution in [2.45, 2.75) is 70.6 Å². The molecule has 1 saturated heterocycles. The molecule has 0 radical (unpaired) electrons. The van der Waals surface area contributed by atoms with Crippen LogP contribution in [-0.2, 0) is 24.2 Å². The van der Waals surface area contributed by atoms with E-state index in [9.17, 15) is 9.59 Å². The van der Waals surface area contributed by atoms with Crippen molar-refractivity contribution in [3.63, 3.8) is 0 Å². The Morgan fingerprint density at radius 3 is 2.86 bits per heavy atom. The first-order chi connectivity index (χ1) is 14.1. The summed E-state index contributed by atoms with van der Waals surface area (Å²) in [7, 11) is 0. The van der Waals surface area contributed by atoms with Crippen molar-refractivity contribution in [1.29, 1.82) is 0 Å². The minimum absolute atomic E-state index is 0.0518. The Labute approximate surface area is 169 Å². The van der Waals surface area contributed by atoms with E-state index in [4.69, 9.17) is 9.15 Å². The molecule has 0 bridgehead atoms. The monoisotopic (exact) mass is 397 g/mol. The topological polar surface area (TPSA) is 77.6 Å². The van der Waals surface area contributed by atoms with Gasteiger partial charge in [-0.1, -0.05) is 6.42 Å². The molecule has 2 aromatic rings. The fourth-order valence-electron chi connectivity index (χ4n) is 4.46. The minimum Gasteiger partial charge on any atom is -0.445 e. The van der Waals surface area contributed by atoms with E-state index in [1.165, 1.54) is 6.42 Å². The lowest BCUT2D eigenvalue weighted by Gasteiger charge is -2.26. The summed E-state index contributed by atoms with van der Waals surface area (Å²) >= 11 is 0. The Morgan fingerprint density at radius 1 is 1.28 bits per heavy atom. The van der Waals surface area contributed by atoms with Gasteiger partial charge >= 0.3 is 0 Å². The highest BCUT2D eigenvalue weighted by molar-refractivity contribution is 5.95. The van der Waals surface area contributed by atoms with Crippen LogP contribution in [0, 0.1) is 6.92 Å². The van der Waals surface area contributed by atoms with Gasteiger partial charge in [0.2, 0.25) is 0 Å². The quantitative estimate of drug-likeness (QED) is 0.793. The van der Waals surface area contributed by atoms with Gasteiger partial charge in [-0.25, -0.2) is 4.98 Å². The molecule has 29 heavy (non-hydrogen) atoms. The lowest BCUT2D eigenvalue weighted by molar-refractivity contribution is 0.0721. The van der Waals surface area contributed by atoms with Gasteiger partial charge in [-0.3, -0.25) is 9.59 Å². The first-order valence-corrected chi connectivity index (χ1v) is 10.7. The highest BCUT2D eigenvalue weighted by Crippen LogP contribution is 2.37. The van der Waals surface area contributed by atoms with Crippen LogP contribution in [-0.4, -0.2) is 39.6 Å². The number of oxazole rings is 1. The molecular formula is C22H27N3O4. The maximum absolute atomic E-state index is 13.3. The summed E-state index contributed by atoms with van der Waals surface area (Å²) < 4.78 is 13.2. The van der Waals surface area contributed by atoms with Crippen molar-refractivity contribution >= 4 is 5.91 Å². The van der Waals surface area contributed by atoms with E-state index in [1.807, 2.05) is 13.0 Å². The fourth-order valence-corrected chi connectivity index (χ4v) is 4.46. The molecule has 1 amide bonds. The van der Waals surface area contributed by atoms with Crippen molar-refractivity contribution in [1.82, 2.24) is 14.5 Å². The van der Waals surface area contributed by atoms with Crippen LogP contribution < -0.4 is 5.56 Å². The van der Waals surface area contributed by atoms with E-state index in [0.29, 0.717) is 37.5 Å². The van der Waals surface area contributed by atoms with E-state index >= 15 is 0 Å². The molecule has 0 spiro atoms. The highest BCUT2D eigenvalue weighted by Gasteiger charge is 2.32. The average molecular weight is 397 g/mol. The zero-order chi connectivity index (χ0) is 20.0. The third kappa shape index (κ3) is 3.41. The summed E-state index contributed by atoms with van der Waals surface area (Å²) in [5.74, 6) is 1.95. The molecular weight excluding hydrogens is 370 g/mol. The van der Waals surface area contributed by atoms with Crippen LogP contribution in [0.1, 0.15) is 71.3 Å². The summed E-state index contributed by atoms with van der Waals surface area (Å²) in [6.07, 6.45) is 7.94. The molecule has 1 atom stereocenters. The molecule has 7 heteroatoms. The van der Waals surface area contributed by atoms with Gasteiger partial charge in [0.1, 0.15) is 17.0 Å². The van der Waals surface area contributed by atoms with E-state index in [0.717, 1.165) is 49.6 Å². The van der Waals surface area contributed by atoms with Crippen LogP contribution in [0.3, 0.4) is 0 Å². The summed E-state index contributed by atoms with van der Waals surface area (Å²) in [4.78, 5) is 32.7. The zero-order valence-electron chi connectivity index (χ0n) is 16.9. The van der Waals surface area contributed by atoms with Gasteiger partial charge in [-0.15, -0.1) is 0 Å². The van der Waals surface area contributed by atoms with Crippen molar-refractivity contribution in [3.8, 4) is 0 Å². The van der Waals surface area contributed by atoms with Crippen molar-refractivity contribution in [2.75, 3.05) is 13.2 Å². The molecule has 3 aliphatic rings. The van der Waals surface area contributed by atoms with E-state index in [-0.39, 0.29) is 23.1 Å². The van der Waals surface area contributed by atoms with Gasteiger partial charge < -0.3 is 18.6 Å². The number of rotatable bonds is 4. The molecule has 1 unspecified atom stereocenters. The number of carbonyl (C=O) groups excluding carboxylic acids is 1. The summed E-state index contributed by atoms with van der Waals surface area (Å²) in [6.45, 7) is 4.02. The molecule has 2 aliphatic heterocycles. The second-order valence-corrected chi connectivity index (χ2v) is 8.49. The molecule has 1 saturated carbocycles. The number of nitrogens with zero attached hydrogens (tertiary/aromatic N) is 3. The number of aromatic nitrogens is 2. The first-order valence-electron chi connectivity index (χ1n) is 10.7. The van der Waals surface area contributed by atoms with Gasteiger partial charge in [0.25, 0.3) is 11.5 Å². The Morgan fingerprint density at radius 2 is 2.14 bits per heavy atom. The second kappa shape index (κ2) is 7.44. The lowest BCUT2D eigenvalue weighted by Crippen LogP contribution is -2.40. The van der Waals surface area contributed by atoms with Gasteiger partial charge in [0, 0.05) is 31.7 Å². The van der Waals surface area contributed by atoms with Gasteiger partial charge in [0.15, 0.2) is 5.89 Å². The highest BCUT2D eigenvalue weighted by atomic mass is 16.5. The Bertz CT molecular complexity index is 982. The number of aryl methyl sites for hydroxylation is 1. The summed E-state index contributed by atoms with van der Waals surface area (Å²) in [6, 6.07) is 1.85. The fraction of sp³-hybridized carbons (Fsp3) is 0.591. The molecule has 2 fully saturated rings. The first kappa shape index (κ1) is 18.6. The average Bonchev–Trinajstić information content (AvgIpc) is 3.31. The number of fused-ring (bicyclic) bond motifs is 1. The molecule has 4 heterocycles. The van der Waals surface area contributed by atoms with Crippen molar-refractivity contribution in [2.24, 2.45) is 0 Å². The number of hydrogen-bond donors (Lipinski definition) is 0. The third-order valence-corrected chi connectivity index (χ3v) is 6.50. The smallest absolute Gasteiger partial charge is 0.263 e. The van der Waals surface area contributed by atoms with Crippen LogP contribution in [0.2, 0.25) is 0 Å². The number of amides is 1. The molecule has 0 N–H and O–H groups in total. The molecule has 0 aromatic carbocycles. The number of ether oxygens (including phenoxy) is 1.